The first-order valence-electron chi connectivity index (χ1n) is 4.49. The zero-order valence-corrected chi connectivity index (χ0v) is 9.57. The maximum absolute atomic E-state index is 11.8. The van der Waals surface area contributed by atoms with Crippen molar-refractivity contribution in [3.05, 3.63) is 29.8 Å². The van der Waals surface area contributed by atoms with Gasteiger partial charge >= 0.3 is 0 Å². The van der Waals surface area contributed by atoms with Crippen LogP contribution < -0.4 is 11.6 Å². The van der Waals surface area contributed by atoms with E-state index >= 15 is 0 Å². The van der Waals surface area contributed by atoms with E-state index in [4.69, 9.17) is 11.6 Å². The van der Waals surface area contributed by atoms with E-state index in [0.717, 1.165) is 5.56 Å². The van der Waals surface area contributed by atoms with Crippen molar-refractivity contribution in [1.29, 1.82) is 0 Å². The minimum atomic E-state index is -3.99. The van der Waals surface area contributed by atoms with Gasteiger partial charge in [0.15, 0.2) is 0 Å². The first kappa shape index (κ1) is 12.6. The topological polar surface area (TPSA) is 106 Å². The summed E-state index contributed by atoms with van der Waals surface area (Å²) < 4.78 is 23.7. The maximum atomic E-state index is 11.8. The van der Waals surface area contributed by atoms with Crippen LogP contribution in [0.25, 0.3) is 0 Å². The zero-order chi connectivity index (χ0) is 12.3. The first-order valence-corrected chi connectivity index (χ1v) is 5.93. The fourth-order valence-corrected chi connectivity index (χ4v) is 2.10. The SMILES string of the molecule is Cc1ccc(S(=O)(=O)N(N)C(=O)CN)cc1. The third kappa shape index (κ3) is 2.38. The molecule has 0 radical (unpaired) electrons. The van der Waals surface area contributed by atoms with Crippen molar-refractivity contribution in [1.82, 2.24) is 4.41 Å². The van der Waals surface area contributed by atoms with Gasteiger partial charge in [0.2, 0.25) is 0 Å². The first-order chi connectivity index (χ1) is 7.39. The third-order valence-electron chi connectivity index (χ3n) is 2.00. The molecule has 7 heteroatoms. The van der Waals surface area contributed by atoms with E-state index in [9.17, 15) is 13.2 Å². The van der Waals surface area contributed by atoms with Crippen LogP contribution in [0.5, 0.6) is 0 Å². The largest absolute Gasteiger partial charge is 0.322 e. The summed E-state index contributed by atoms with van der Waals surface area (Å²) in [6.07, 6.45) is 0. The molecule has 88 valence electrons. The van der Waals surface area contributed by atoms with Gasteiger partial charge in [-0.15, -0.1) is 0 Å². The fourth-order valence-electron chi connectivity index (χ4n) is 1.05. The molecule has 4 N–H and O–H groups in total. The molecule has 0 fully saturated rings. The van der Waals surface area contributed by atoms with Crippen molar-refractivity contribution in [3.8, 4) is 0 Å². The molecule has 0 bridgehead atoms. The van der Waals surface area contributed by atoms with Crippen molar-refractivity contribution < 1.29 is 13.2 Å². The van der Waals surface area contributed by atoms with E-state index in [2.05, 4.69) is 0 Å². The van der Waals surface area contributed by atoms with Crippen LogP contribution in [0.3, 0.4) is 0 Å². The normalized spacial score (nSPS) is 11.2. The highest BCUT2D eigenvalue weighted by atomic mass is 32.2. The van der Waals surface area contributed by atoms with Crippen LogP contribution in [0.1, 0.15) is 5.56 Å². The van der Waals surface area contributed by atoms with Gasteiger partial charge in [0.1, 0.15) is 0 Å². The number of carbonyl (C=O) groups excluding carboxylic acids is 1. The van der Waals surface area contributed by atoms with E-state index < -0.39 is 22.5 Å². The van der Waals surface area contributed by atoms with E-state index in [1.54, 1.807) is 12.1 Å². The average Bonchev–Trinajstić information content (AvgIpc) is 2.27. The number of hydrogen-bond donors (Lipinski definition) is 2. The molecule has 0 aliphatic carbocycles. The van der Waals surface area contributed by atoms with Crippen LogP contribution in [0.2, 0.25) is 0 Å². The number of hydrogen-bond acceptors (Lipinski definition) is 5. The van der Waals surface area contributed by atoms with Crippen LogP contribution in [0.15, 0.2) is 29.2 Å². The summed E-state index contributed by atoms with van der Waals surface area (Å²) in [5.41, 5.74) is 5.95. The highest BCUT2D eigenvalue weighted by molar-refractivity contribution is 7.89. The van der Waals surface area contributed by atoms with Crippen LogP contribution in [-0.2, 0) is 14.8 Å². The van der Waals surface area contributed by atoms with Crippen LogP contribution in [0.4, 0.5) is 0 Å². The minimum Gasteiger partial charge on any atom is -0.322 e. The molecule has 0 atom stereocenters. The van der Waals surface area contributed by atoms with Crippen molar-refractivity contribution in [2.45, 2.75) is 11.8 Å². The highest BCUT2D eigenvalue weighted by Crippen LogP contribution is 2.13. The number of aryl methyl sites for hydroxylation is 1. The second-order valence-electron chi connectivity index (χ2n) is 3.21. The Kier molecular flexibility index (Phi) is 3.63. The molecule has 0 unspecified atom stereocenters. The predicted octanol–water partition coefficient (Wildman–Crippen LogP) is -0.655. The lowest BCUT2D eigenvalue weighted by molar-refractivity contribution is -0.125. The van der Waals surface area contributed by atoms with Crippen LogP contribution in [-0.4, -0.2) is 25.3 Å². The Labute approximate surface area is 93.9 Å². The van der Waals surface area contributed by atoms with Gasteiger partial charge in [-0.2, -0.15) is 12.8 Å². The van der Waals surface area contributed by atoms with E-state index in [1.807, 2.05) is 6.92 Å². The Hall–Kier alpha value is -1.44. The molecular weight excluding hydrogens is 230 g/mol. The number of benzene rings is 1. The van der Waals surface area contributed by atoms with Gasteiger partial charge in [-0.05, 0) is 19.1 Å². The standard InChI is InChI=1S/C9H13N3O3S/c1-7-2-4-8(5-3-7)16(14,15)12(11)9(13)6-10/h2-5H,6,10-11H2,1H3. The predicted molar refractivity (Wildman–Crippen MR) is 58.5 cm³/mol. The van der Waals surface area contributed by atoms with Gasteiger partial charge in [-0.1, -0.05) is 17.7 Å². The van der Waals surface area contributed by atoms with Gasteiger partial charge in [-0.25, -0.2) is 5.84 Å². The van der Waals surface area contributed by atoms with E-state index in [0.29, 0.717) is 0 Å². The van der Waals surface area contributed by atoms with Crippen molar-refractivity contribution >= 4 is 15.9 Å². The molecule has 6 nitrogen and oxygen atoms in total. The van der Waals surface area contributed by atoms with Crippen LogP contribution >= 0.6 is 0 Å². The van der Waals surface area contributed by atoms with E-state index in [1.165, 1.54) is 12.1 Å². The lowest BCUT2D eigenvalue weighted by atomic mass is 10.2. The lowest BCUT2D eigenvalue weighted by Crippen LogP contribution is -2.45. The van der Waals surface area contributed by atoms with Gasteiger partial charge < -0.3 is 5.73 Å². The van der Waals surface area contributed by atoms with Crippen molar-refractivity contribution in [3.63, 3.8) is 0 Å². The summed E-state index contributed by atoms with van der Waals surface area (Å²) in [6, 6.07) is 6.00. The summed E-state index contributed by atoms with van der Waals surface area (Å²) in [5.74, 6) is 4.33. The molecular formula is C9H13N3O3S. The molecule has 1 amide bonds. The Bertz CT molecular complexity index is 481. The summed E-state index contributed by atoms with van der Waals surface area (Å²) >= 11 is 0. The minimum absolute atomic E-state index is 0.0394. The van der Waals surface area contributed by atoms with Gasteiger partial charge in [0, 0.05) is 0 Å². The molecule has 0 saturated heterocycles. The Morgan fingerprint density at radius 2 is 1.81 bits per heavy atom. The number of nitrogens with two attached hydrogens (primary N) is 2. The summed E-state index contributed by atoms with van der Waals surface area (Å²) in [5, 5.41) is 0. The lowest BCUT2D eigenvalue weighted by Gasteiger charge is -2.15. The molecule has 1 aromatic rings. The maximum Gasteiger partial charge on any atom is 0.280 e. The summed E-state index contributed by atoms with van der Waals surface area (Å²) in [4.78, 5) is 11.1. The Balaban J connectivity index is 3.12. The molecule has 0 spiro atoms. The number of hydrazine groups is 1. The Morgan fingerprint density at radius 3 is 2.25 bits per heavy atom. The van der Waals surface area contributed by atoms with Crippen molar-refractivity contribution in [2.24, 2.45) is 11.6 Å². The van der Waals surface area contributed by atoms with E-state index in [-0.39, 0.29) is 9.31 Å². The second kappa shape index (κ2) is 4.60. The molecule has 0 aliphatic rings. The third-order valence-corrected chi connectivity index (χ3v) is 3.59. The second-order valence-corrected chi connectivity index (χ2v) is 5.03. The highest BCUT2D eigenvalue weighted by Gasteiger charge is 2.25. The number of amides is 1. The molecule has 0 saturated carbocycles. The van der Waals surface area contributed by atoms with Crippen LogP contribution in [0, 0.1) is 6.92 Å². The van der Waals surface area contributed by atoms with Gasteiger partial charge in [-0.3, -0.25) is 4.79 Å². The summed E-state index contributed by atoms with van der Waals surface area (Å²) in [7, 11) is -3.99. The quantitative estimate of drug-likeness (QED) is 0.416. The zero-order valence-electron chi connectivity index (χ0n) is 8.75. The number of carbonyl (C=O) groups is 1. The van der Waals surface area contributed by atoms with Gasteiger partial charge in [0.05, 0.1) is 11.4 Å². The Morgan fingerprint density at radius 1 is 1.31 bits per heavy atom. The molecule has 0 heterocycles. The van der Waals surface area contributed by atoms with Gasteiger partial charge in [0.25, 0.3) is 15.9 Å². The summed E-state index contributed by atoms with van der Waals surface area (Å²) in [6.45, 7) is 1.36. The smallest absolute Gasteiger partial charge is 0.280 e. The number of sulfonamides is 1. The van der Waals surface area contributed by atoms with Crippen molar-refractivity contribution in [2.75, 3.05) is 6.54 Å². The molecule has 16 heavy (non-hydrogen) atoms. The monoisotopic (exact) mass is 243 g/mol. The molecule has 1 rings (SSSR count). The average molecular weight is 243 g/mol. The molecule has 0 aliphatic heterocycles. The number of rotatable bonds is 3. The molecule has 0 aromatic heterocycles. The fraction of sp³-hybridized carbons (Fsp3) is 0.222. The molecule has 1 aromatic carbocycles. The number of nitrogens with zero attached hydrogens (tertiary/aromatic N) is 1.